The van der Waals surface area contributed by atoms with Crippen LogP contribution in [0.25, 0.3) is 0 Å². The molecule has 114 valence electrons. The maximum Gasteiger partial charge on any atom is 0.191 e. The van der Waals surface area contributed by atoms with Gasteiger partial charge in [-0.1, -0.05) is 23.7 Å². The standard InChI is InChI=1S/C14H22ClN3O.HI/c1-11(10-19-3)18-14(16-2)17-9-8-12-4-6-13(15)7-5-12;/h4-7,11H,8-10H2,1-3H3,(H2,16,17,18);1H. The highest BCUT2D eigenvalue weighted by Gasteiger charge is 2.03. The number of nitrogens with one attached hydrogen (secondary N) is 2. The van der Waals surface area contributed by atoms with E-state index < -0.39 is 0 Å². The third-order valence-electron chi connectivity index (χ3n) is 2.64. The molecule has 0 amide bonds. The van der Waals surface area contributed by atoms with Gasteiger partial charge in [-0.25, -0.2) is 0 Å². The van der Waals surface area contributed by atoms with E-state index in [2.05, 4.69) is 22.5 Å². The Labute approximate surface area is 143 Å². The van der Waals surface area contributed by atoms with Crippen molar-refractivity contribution in [3.8, 4) is 0 Å². The van der Waals surface area contributed by atoms with E-state index >= 15 is 0 Å². The molecule has 0 aromatic heterocycles. The van der Waals surface area contributed by atoms with Crippen LogP contribution in [0.15, 0.2) is 29.3 Å². The molecule has 20 heavy (non-hydrogen) atoms. The Hall–Kier alpha value is -0.530. The van der Waals surface area contributed by atoms with Crippen molar-refractivity contribution in [3.63, 3.8) is 0 Å². The topological polar surface area (TPSA) is 45.7 Å². The lowest BCUT2D eigenvalue weighted by molar-refractivity contribution is 0.179. The average molecular weight is 412 g/mol. The summed E-state index contributed by atoms with van der Waals surface area (Å²) in [4.78, 5) is 4.17. The maximum atomic E-state index is 5.85. The van der Waals surface area contributed by atoms with Crippen molar-refractivity contribution in [2.45, 2.75) is 19.4 Å². The van der Waals surface area contributed by atoms with Crippen LogP contribution in [0.1, 0.15) is 12.5 Å². The Morgan fingerprint density at radius 2 is 2.00 bits per heavy atom. The summed E-state index contributed by atoms with van der Waals surface area (Å²) >= 11 is 5.85. The fourth-order valence-electron chi connectivity index (χ4n) is 1.70. The lowest BCUT2D eigenvalue weighted by Crippen LogP contribution is -2.44. The number of methoxy groups -OCH3 is 1. The molecule has 0 saturated carbocycles. The molecule has 1 aromatic carbocycles. The molecular weight excluding hydrogens is 389 g/mol. The van der Waals surface area contributed by atoms with Gasteiger partial charge in [0.15, 0.2) is 5.96 Å². The molecule has 0 heterocycles. The fourth-order valence-corrected chi connectivity index (χ4v) is 1.82. The van der Waals surface area contributed by atoms with Crippen LogP contribution in [0.5, 0.6) is 0 Å². The van der Waals surface area contributed by atoms with E-state index in [1.807, 2.05) is 24.3 Å². The zero-order valence-electron chi connectivity index (χ0n) is 12.1. The molecule has 6 heteroatoms. The van der Waals surface area contributed by atoms with E-state index in [9.17, 15) is 0 Å². The van der Waals surface area contributed by atoms with E-state index in [1.165, 1.54) is 5.56 Å². The van der Waals surface area contributed by atoms with Gasteiger partial charge in [0.2, 0.25) is 0 Å². The van der Waals surface area contributed by atoms with Crippen molar-refractivity contribution in [3.05, 3.63) is 34.9 Å². The normalized spacial score (nSPS) is 12.5. The Bertz CT molecular complexity index is 398. The van der Waals surface area contributed by atoms with Crippen molar-refractivity contribution in [2.24, 2.45) is 4.99 Å². The molecule has 4 nitrogen and oxygen atoms in total. The molecule has 0 radical (unpaired) electrons. The SMILES string of the molecule is CN=C(NCCc1ccc(Cl)cc1)NC(C)COC.I. The molecule has 0 saturated heterocycles. The van der Waals surface area contributed by atoms with Crippen LogP contribution in [0.4, 0.5) is 0 Å². The van der Waals surface area contributed by atoms with E-state index in [4.69, 9.17) is 16.3 Å². The number of hydrogen-bond donors (Lipinski definition) is 2. The van der Waals surface area contributed by atoms with Crippen LogP contribution in [-0.4, -0.2) is 39.3 Å². The van der Waals surface area contributed by atoms with Crippen molar-refractivity contribution in [2.75, 3.05) is 27.3 Å². The van der Waals surface area contributed by atoms with Crippen LogP contribution < -0.4 is 10.6 Å². The van der Waals surface area contributed by atoms with Crippen LogP contribution in [-0.2, 0) is 11.2 Å². The highest BCUT2D eigenvalue weighted by Crippen LogP contribution is 2.09. The minimum Gasteiger partial charge on any atom is -0.383 e. The van der Waals surface area contributed by atoms with Gasteiger partial charge in [-0.05, 0) is 31.0 Å². The van der Waals surface area contributed by atoms with Crippen LogP contribution in [0.3, 0.4) is 0 Å². The molecule has 1 atom stereocenters. The first-order valence-corrected chi connectivity index (χ1v) is 6.74. The van der Waals surface area contributed by atoms with Gasteiger partial charge in [0.25, 0.3) is 0 Å². The predicted octanol–water partition coefficient (Wildman–Crippen LogP) is 2.70. The summed E-state index contributed by atoms with van der Waals surface area (Å²) in [6, 6.07) is 8.11. The van der Waals surface area contributed by atoms with E-state index in [-0.39, 0.29) is 30.0 Å². The van der Waals surface area contributed by atoms with Gasteiger partial charge in [0, 0.05) is 31.8 Å². The lowest BCUT2D eigenvalue weighted by atomic mass is 10.1. The minimum atomic E-state index is 0. The number of halogens is 2. The molecule has 1 aromatic rings. The number of rotatable bonds is 6. The van der Waals surface area contributed by atoms with Crippen molar-refractivity contribution in [1.82, 2.24) is 10.6 Å². The summed E-state index contributed by atoms with van der Waals surface area (Å²) in [5, 5.41) is 7.29. The number of guanidine groups is 1. The predicted molar refractivity (Wildman–Crippen MR) is 96.4 cm³/mol. The second kappa shape index (κ2) is 11.2. The highest BCUT2D eigenvalue weighted by atomic mass is 127. The Morgan fingerprint density at radius 1 is 1.35 bits per heavy atom. The smallest absolute Gasteiger partial charge is 0.191 e. The van der Waals surface area contributed by atoms with Gasteiger partial charge in [-0.2, -0.15) is 0 Å². The third-order valence-corrected chi connectivity index (χ3v) is 2.89. The summed E-state index contributed by atoms with van der Waals surface area (Å²) in [5.74, 6) is 0.790. The van der Waals surface area contributed by atoms with Gasteiger partial charge in [0.1, 0.15) is 0 Å². The van der Waals surface area contributed by atoms with Gasteiger partial charge in [-0.3, -0.25) is 4.99 Å². The lowest BCUT2D eigenvalue weighted by Gasteiger charge is -2.17. The molecule has 0 aliphatic rings. The first kappa shape index (κ1) is 19.5. The van der Waals surface area contributed by atoms with Crippen LogP contribution >= 0.6 is 35.6 Å². The summed E-state index contributed by atoms with van der Waals surface area (Å²) in [6.07, 6.45) is 0.927. The molecular formula is C14H23ClIN3O. The largest absolute Gasteiger partial charge is 0.383 e. The molecule has 1 unspecified atom stereocenters. The maximum absolute atomic E-state index is 5.85. The molecule has 0 fully saturated rings. The number of hydrogen-bond acceptors (Lipinski definition) is 2. The molecule has 0 bridgehead atoms. The van der Waals surface area contributed by atoms with Gasteiger partial charge < -0.3 is 15.4 Å². The summed E-state index contributed by atoms with van der Waals surface area (Å²) in [6.45, 7) is 3.52. The number of ether oxygens (including phenoxy) is 1. The molecule has 1 rings (SSSR count). The summed E-state index contributed by atoms with van der Waals surface area (Å²) < 4.78 is 5.08. The van der Waals surface area contributed by atoms with Crippen molar-refractivity contribution < 1.29 is 4.74 Å². The number of aliphatic imine (C=N–C) groups is 1. The first-order chi connectivity index (χ1) is 9.15. The van der Waals surface area contributed by atoms with E-state index in [1.54, 1.807) is 14.2 Å². The highest BCUT2D eigenvalue weighted by molar-refractivity contribution is 14.0. The van der Waals surface area contributed by atoms with Crippen molar-refractivity contribution in [1.29, 1.82) is 0 Å². The average Bonchev–Trinajstić information content (AvgIpc) is 2.40. The fraction of sp³-hybridized carbons (Fsp3) is 0.500. The third kappa shape index (κ3) is 7.91. The molecule has 0 aliphatic carbocycles. The first-order valence-electron chi connectivity index (χ1n) is 6.36. The summed E-state index contributed by atoms with van der Waals surface area (Å²) in [5.41, 5.74) is 1.25. The second-order valence-corrected chi connectivity index (χ2v) is 4.81. The number of benzene rings is 1. The van der Waals surface area contributed by atoms with Crippen LogP contribution in [0.2, 0.25) is 5.02 Å². The zero-order valence-corrected chi connectivity index (χ0v) is 15.2. The van der Waals surface area contributed by atoms with E-state index in [0.29, 0.717) is 6.61 Å². The molecule has 2 N–H and O–H groups in total. The van der Waals surface area contributed by atoms with Gasteiger partial charge in [-0.15, -0.1) is 24.0 Å². The zero-order chi connectivity index (χ0) is 14.1. The molecule has 0 spiro atoms. The quantitative estimate of drug-likeness (QED) is 0.430. The Morgan fingerprint density at radius 3 is 2.55 bits per heavy atom. The molecule has 0 aliphatic heterocycles. The van der Waals surface area contributed by atoms with E-state index in [0.717, 1.165) is 23.9 Å². The van der Waals surface area contributed by atoms with Gasteiger partial charge >= 0.3 is 0 Å². The Balaban J connectivity index is 0.00000361. The monoisotopic (exact) mass is 411 g/mol. The summed E-state index contributed by atoms with van der Waals surface area (Å²) in [7, 11) is 3.45. The van der Waals surface area contributed by atoms with Crippen LogP contribution in [0, 0.1) is 0 Å². The Kier molecular flexibility index (Phi) is 10.9. The van der Waals surface area contributed by atoms with Crippen molar-refractivity contribution >= 4 is 41.5 Å². The van der Waals surface area contributed by atoms with Gasteiger partial charge in [0.05, 0.1) is 6.61 Å². The minimum absolute atomic E-state index is 0. The number of nitrogens with zero attached hydrogens (tertiary/aromatic N) is 1. The second-order valence-electron chi connectivity index (χ2n) is 4.38.